The number of oxazole rings is 1. The van der Waals surface area contributed by atoms with E-state index in [-0.39, 0.29) is 5.82 Å². The fraction of sp³-hybridized carbons (Fsp3) is 0.105. The van der Waals surface area contributed by atoms with E-state index in [0.29, 0.717) is 28.7 Å². The minimum atomic E-state index is 0.247. The summed E-state index contributed by atoms with van der Waals surface area (Å²) in [5.41, 5.74) is 8.48. The number of rotatable bonds is 6. The zero-order valence-corrected chi connectivity index (χ0v) is 13.9. The first-order valence-electron chi connectivity index (χ1n) is 7.49. The Bertz CT molecular complexity index is 841. The number of nitrogens with zero attached hydrogens (tertiary/aromatic N) is 3. The molecule has 0 aliphatic heterocycles. The molecular weight excluding hydrogens is 300 g/mol. The van der Waals surface area contributed by atoms with Crippen LogP contribution in [0.4, 0.5) is 5.82 Å². The van der Waals surface area contributed by atoms with Crippen LogP contribution in [0.3, 0.4) is 0 Å². The van der Waals surface area contributed by atoms with Crippen molar-refractivity contribution in [1.82, 2.24) is 15.0 Å². The van der Waals surface area contributed by atoms with E-state index >= 15 is 0 Å². The second-order valence-electron chi connectivity index (χ2n) is 4.81. The molecule has 2 rings (SSSR count). The number of allylic oxidation sites excluding steroid dienone is 6. The lowest BCUT2D eigenvalue weighted by Crippen LogP contribution is -2.00. The molecule has 5 heteroatoms. The summed E-state index contributed by atoms with van der Waals surface area (Å²) in [6.45, 7) is 11.4. The lowest BCUT2D eigenvalue weighted by molar-refractivity contribution is 0.562. The summed E-state index contributed by atoms with van der Waals surface area (Å²) in [5.74, 6) is 1.11. The van der Waals surface area contributed by atoms with Gasteiger partial charge in [0.15, 0.2) is 17.3 Å². The van der Waals surface area contributed by atoms with Gasteiger partial charge in [-0.15, -0.1) is 0 Å². The van der Waals surface area contributed by atoms with E-state index in [9.17, 15) is 0 Å². The van der Waals surface area contributed by atoms with Crippen LogP contribution in [0.2, 0.25) is 0 Å². The fourth-order valence-electron chi connectivity index (χ4n) is 2.02. The predicted molar refractivity (Wildman–Crippen MR) is 99.7 cm³/mol. The Morgan fingerprint density at radius 2 is 2.00 bits per heavy atom. The van der Waals surface area contributed by atoms with E-state index in [1.165, 1.54) is 0 Å². The van der Waals surface area contributed by atoms with Crippen LogP contribution in [-0.2, 0) is 0 Å². The molecule has 0 aliphatic rings. The maximum absolute atomic E-state index is 5.96. The van der Waals surface area contributed by atoms with Gasteiger partial charge >= 0.3 is 0 Å². The number of nitrogens with two attached hydrogens (primary N) is 1. The molecule has 0 spiro atoms. The van der Waals surface area contributed by atoms with Crippen molar-refractivity contribution in [3.63, 3.8) is 0 Å². The zero-order valence-electron chi connectivity index (χ0n) is 13.9. The van der Waals surface area contributed by atoms with E-state index in [1.807, 2.05) is 44.2 Å². The Morgan fingerprint density at radius 3 is 2.62 bits per heavy atom. The summed E-state index contributed by atoms with van der Waals surface area (Å²) in [6, 6.07) is 0. The third kappa shape index (κ3) is 3.57. The molecule has 2 aromatic heterocycles. The summed E-state index contributed by atoms with van der Waals surface area (Å²) >= 11 is 0. The normalized spacial score (nSPS) is 12.2. The molecule has 0 saturated carbocycles. The van der Waals surface area contributed by atoms with E-state index in [1.54, 1.807) is 18.3 Å². The van der Waals surface area contributed by atoms with E-state index in [2.05, 4.69) is 28.1 Å². The molecule has 0 radical (unpaired) electrons. The fourth-order valence-corrected chi connectivity index (χ4v) is 2.02. The van der Waals surface area contributed by atoms with Gasteiger partial charge in [-0.3, -0.25) is 0 Å². The second-order valence-corrected chi connectivity index (χ2v) is 4.81. The van der Waals surface area contributed by atoms with Crippen molar-refractivity contribution in [2.75, 3.05) is 5.73 Å². The van der Waals surface area contributed by atoms with Crippen LogP contribution in [0.1, 0.15) is 31.0 Å². The molecule has 5 nitrogen and oxygen atoms in total. The monoisotopic (exact) mass is 320 g/mol. The van der Waals surface area contributed by atoms with Gasteiger partial charge in [-0.05, 0) is 26.0 Å². The van der Waals surface area contributed by atoms with Crippen LogP contribution in [-0.4, -0.2) is 15.0 Å². The van der Waals surface area contributed by atoms with Crippen LogP contribution in [0.25, 0.3) is 29.3 Å². The molecule has 2 heterocycles. The standard InChI is InChI=1S/C19H20N4O/c1-5-9-11-13(7-3)15-12-21-18(20)17(22-15)19-23-14(10-6-2)16(8-4)24-19/h5-12H,3-4H2,1-2H3,(H2,20,21)/b9-5-,10-6-,13-11+. The van der Waals surface area contributed by atoms with E-state index in [4.69, 9.17) is 10.2 Å². The minimum absolute atomic E-state index is 0.247. The lowest BCUT2D eigenvalue weighted by atomic mass is 10.1. The summed E-state index contributed by atoms with van der Waals surface area (Å²) in [4.78, 5) is 13.2. The Hall–Kier alpha value is -3.21. The van der Waals surface area contributed by atoms with Crippen LogP contribution in [0, 0.1) is 0 Å². The number of anilines is 1. The van der Waals surface area contributed by atoms with Crippen LogP contribution < -0.4 is 5.73 Å². The highest BCUT2D eigenvalue weighted by molar-refractivity contribution is 5.75. The topological polar surface area (TPSA) is 77.8 Å². The number of aromatic nitrogens is 3. The molecule has 0 aliphatic carbocycles. The molecule has 0 amide bonds. The maximum Gasteiger partial charge on any atom is 0.250 e. The Kier molecular flexibility index (Phi) is 5.63. The first-order valence-corrected chi connectivity index (χ1v) is 7.49. The van der Waals surface area contributed by atoms with Gasteiger partial charge in [-0.1, -0.05) is 43.5 Å². The molecule has 0 fully saturated rings. The highest BCUT2D eigenvalue weighted by Crippen LogP contribution is 2.27. The molecule has 0 unspecified atom stereocenters. The number of nitrogen functional groups attached to an aromatic ring is 1. The molecule has 24 heavy (non-hydrogen) atoms. The Morgan fingerprint density at radius 1 is 1.21 bits per heavy atom. The average molecular weight is 320 g/mol. The molecule has 0 aromatic carbocycles. The third-order valence-electron chi connectivity index (χ3n) is 3.18. The highest BCUT2D eigenvalue weighted by atomic mass is 16.4. The van der Waals surface area contributed by atoms with Crippen molar-refractivity contribution in [1.29, 1.82) is 0 Å². The van der Waals surface area contributed by atoms with Gasteiger partial charge < -0.3 is 10.2 Å². The summed E-state index contributed by atoms with van der Waals surface area (Å²) in [6.07, 6.45) is 14.3. The number of hydrogen-bond acceptors (Lipinski definition) is 5. The molecule has 2 N–H and O–H groups in total. The largest absolute Gasteiger partial charge is 0.435 e. The van der Waals surface area contributed by atoms with E-state index in [0.717, 1.165) is 5.57 Å². The smallest absolute Gasteiger partial charge is 0.250 e. The van der Waals surface area contributed by atoms with Crippen LogP contribution >= 0.6 is 0 Å². The van der Waals surface area contributed by atoms with Gasteiger partial charge in [-0.2, -0.15) is 0 Å². The van der Waals surface area contributed by atoms with Crippen molar-refractivity contribution in [2.45, 2.75) is 13.8 Å². The third-order valence-corrected chi connectivity index (χ3v) is 3.18. The Balaban J connectivity index is 2.57. The van der Waals surface area contributed by atoms with Crippen molar-refractivity contribution in [2.24, 2.45) is 0 Å². The average Bonchev–Trinajstić information content (AvgIpc) is 3.00. The van der Waals surface area contributed by atoms with Crippen LogP contribution in [0.5, 0.6) is 0 Å². The van der Waals surface area contributed by atoms with Crippen molar-refractivity contribution >= 4 is 23.5 Å². The molecule has 0 bridgehead atoms. The summed E-state index contributed by atoms with van der Waals surface area (Å²) < 4.78 is 5.71. The molecule has 0 atom stereocenters. The molecular formula is C19H20N4O. The van der Waals surface area contributed by atoms with Gasteiger partial charge in [0.05, 0.1) is 11.9 Å². The van der Waals surface area contributed by atoms with Crippen molar-refractivity contribution in [3.05, 3.63) is 66.9 Å². The van der Waals surface area contributed by atoms with Crippen molar-refractivity contribution in [3.8, 4) is 11.6 Å². The van der Waals surface area contributed by atoms with Gasteiger partial charge in [0, 0.05) is 5.57 Å². The minimum Gasteiger partial charge on any atom is -0.435 e. The summed E-state index contributed by atoms with van der Waals surface area (Å²) in [5, 5.41) is 0. The van der Waals surface area contributed by atoms with Gasteiger partial charge in [0.1, 0.15) is 5.69 Å². The first kappa shape index (κ1) is 17.1. The zero-order chi connectivity index (χ0) is 17.5. The molecule has 0 saturated heterocycles. The van der Waals surface area contributed by atoms with Gasteiger partial charge in [0.2, 0.25) is 5.89 Å². The first-order chi connectivity index (χ1) is 11.6. The molecule has 2 aromatic rings. The maximum atomic E-state index is 5.96. The molecule has 122 valence electrons. The SMILES string of the molecule is C=C/C(=C\C=C/C)c1cnc(N)c(-c2nc(/C=C\C)c(C=C)o2)n1. The quantitative estimate of drug-likeness (QED) is 0.791. The van der Waals surface area contributed by atoms with Gasteiger partial charge in [0.25, 0.3) is 0 Å². The van der Waals surface area contributed by atoms with Crippen LogP contribution in [0.15, 0.2) is 54.2 Å². The predicted octanol–water partition coefficient (Wildman–Crippen LogP) is 4.54. The van der Waals surface area contributed by atoms with Gasteiger partial charge in [-0.25, -0.2) is 15.0 Å². The Labute approximate surface area is 141 Å². The van der Waals surface area contributed by atoms with E-state index < -0.39 is 0 Å². The lowest BCUT2D eigenvalue weighted by Gasteiger charge is -2.04. The second kappa shape index (κ2) is 7.87. The highest BCUT2D eigenvalue weighted by Gasteiger charge is 2.16. The summed E-state index contributed by atoms with van der Waals surface area (Å²) in [7, 11) is 0. The number of hydrogen-bond donors (Lipinski definition) is 1. The van der Waals surface area contributed by atoms with Crippen molar-refractivity contribution < 1.29 is 4.42 Å².